The van der Waals surface area contributed by atoms with Gasteiger partial charge < -0.3 is 10.1 Å². The summed E-state index contributed by atoms with van der Waals surface area (Å²) in [5, 5.41) is 13.8. The molecule has 6 nitrogen and oxygen atoms in total. The van der Waals surface area contributed by atoms with E-state index in [2.05, 4.69) is 19.2 Å². The van der Waals surface area contributed by atoms with Gasteiger partial charge >= 0.3 is 5.69 Å². The number of carbonyl (C=O) groups excluding carboxylic acids is 1. The highest BCUT2D eigenvalue weighted by molar-refractivity contribution is 5.78. The van der Waals surface area contributed by atoms with Gasteiger partial charge in [-0.3, -0.25) is 14.9 Å². The molecule has 0 heterocycles. The highest BCUT2D eigenvalue weighted by Gasteiger charge is 2.16. The molecule has 1 aromatic carbocycles. The summed E-state index contributed by atoms with van der Waals surface area (Å²) in [6, 6.07) is 4.66. The van der Waals surface area contributed by atoms with Gasteiger partial charge in [0.15, 0.2) is 12.4 Å². The molecule has 0 bridgehead atoms. The quantitative estimate of drug-likeness (QED) is 0.556. The van der Waals surface area contributed by atoms with Crippen LogP contribution in [0.5, 0.6) is 5.75 Å². The number of benzene rings is 1. The molecule has 0 fully saturated rings. The van der Waals surface area contributed by atoms with Gasteiger partial charge in [-0.15, -0.1) is 0 Å². The van der Waals surface area contributed by atoms with Crippen molar-refractivity contribution in [2.75, 3.05) is 6.61 Å². The number of nitrogens with one attached hydrogen (secondary N) is 1. The van der Waals surface area contributed by atoms with Gasteiger partial charge in [0.1, 0.15) is 0 Å². The molecule has 0 aliphatic rings. The fourth-order valence-electron chi connectivity index (χ4n) is 2.25. The number of nitro benzene ring substituents is 1. The van der Waals surface area contributed by atoms with E-state index in [0.29, 0.717) is 5.92 Å². The molecule has 0 saturated carbocycles. The number of carbonyl (C=O) groups is 1. The first kappa shape index (κ1) is 18.9. The van der Waals surface area contributed by atoms with E-state index < -0.39 is 4.92 Å². The lowest BCUT2D eigenvalue weighted by molar-refractivity contribution is -0.385. The van der Waals surface area contributed by atoms with Crippen molar-refractivity contribution in [2.45, 2.75) is 53.0 Å². The summed E-state index contributed by atoms with van der Waals surface area (Å²) >= 11 is 0. The molecule has 128 valence electrons. The molecule has 0 spiro atoms. The highest BCUT2D eigenvalue weighted by Crippen LogP contribution is 2.27. The van der Waals surface area contributed by atoms with Crippen molar-refractivity contribution in [2.24, 2.45) is 5.92 Å². The number of aryl methyl sites for hydroxylation is 1. The maximum Gasteiger partial charge on any atom is 0.310 e. The van der Waals surface area contributed by atoms with Crippen molar-refractivity contribution in [3.8, 4) is 5.75 Å². The number of rotatable bonds is 9. The first-order valence-electron chi connectivity index (χ1n) is 7.96. The van der Waals surface area contributed by atoms with Crippen molar-refractivity contribution in [3.63, 3.8) is 0 Å². The van der Waals surface area contributed by atoms with E-state index in [-0.39, 0.29) is 30.0 Å². The molecule has 0 aliphatic carbocycles. The zero-order valence-electron chi connectivity index (χ0n) is 14.3. The fourth-order valence-corrected chi connectivity index (χ4v) is 2.25. The van der Waals surface area contributed by atoms with E-state index in [0.717, 1.165) is 24.8 Å². The topological polar surface area (TPSA) is 81.5 Å². The van der Waals surface area contributed by atoms with Gasteiger partial charge in [0.25, 0.3) is 5.91 Å². The zero-order valence-corrected chi connectivity index (χ0v) is 14.3. The molecule has 1 unspecified atom stereocenters. The van der Waals surface area contributed by atoms with Gasteiger partial charge in [-0.25, -0.2) is 0 Å². The lowest BCUT2D eigenvalue weighted by Gasteiger charge is -2.15. The van der Waals surface area contributed by atoms with E-state index in [1.54, 1.807) is 12.1 Å². The summed E-state index contributed by atoms with van der Waals surface area (Å²) < 4.78 is 5.33. The SMILES string of the molecule is Cc1ccc([N+](=O)[O-])c(OCC(=O)NC(C)CCCC(C)C)c1. The number of hydrogen-bond donors (Lipinski definition) is 1. The van der Waals surface area contributed by atoms with Gasteiger partial charge in [0, 0.05) is 12.1 Å². The van der Waals surface area contributed by atoms with Crippen LogP contribution in [0.25, 0.3) is 0 Å². The number of ether oxygens (including phenoxy) is 1. The van der Waals surface area contributed by atoms with Gasteiger partial charge in [0.2, 0.25) is 0 Å². The Balaban J connectivity index is 2.47. The summed E-state index contributed by atoms with van der Waals surface area (Å²) in [6.07, 6.45) is 3.10. The second kappa shape index (κ2) is 9.12. The Morgan fingerprint density at radius 2 is 2.00 bits per heavy atom. The molecule has 0 radical (unpaired) electrons. The lowest BCUT2D eigenvalue weighted by Crippen LogP contribution is -2.36. The Labute approximate surface area is 137 Å². The van der Waals surface area contributed by atoms with Gasteiger partial charge in [-0.1, -0.05) is 32.8 Å². The molecule has 0 aromatic heterocycles. The van der Waals surface area contributed by atoms with Crippen molar-refractivity contribution in [1.29, 1.82) is 0 Å². The minimum Gasteiger partial charge on any atom is -0.477 e. The van der Waals surface area contributed by atoms with Crippen LogP contribution in [0.15, 0.2) is 18.2 Å². The van der Waals surface area contributed by atoms with E-state index in [4.69, 9.17) is 4.74 Å². The molecule has 1 N–H and O–H groups in total. The number of nitro groups is 1. The second-order valence-electron chi connectivity index (χ2n) is 6.31. The molecule has 6 heteroatoms. The van der Waals surface area contributed by atoms with Crippen LogP contribution in [0.1, 0.15) is 45.6 Å². The number of hydrogen-bond acceptors (Lipinski definition) is 4. The van der Waals surface area contributed by atoms with E-state index in [9.17, 15) is 14.9 Å². The Morgan fingerprint density at radius 3 is 2.61 bits per heavy atom. The summed E-state index contributed by atoms with van der Waals surface area (Å²) in [5.74, 6) is 0.513. The largest absolute Gasteiger partial charge is 0.477 e. The van der Waals surface area contributed by atoms with E-state index >= 15 is 0 Å². The van der Waals surface area contributed by atoms with E-state index in [1.807, 2.05) is 13.8 Å². The van der Waals surface area contributed by atoms with Crippen LogP contribution in [0.4, 0.5) is 5.69 Å². The summed E-state index contributed by atoms with van der Waals surface area (Å²) in [5.41, 5.74) is 0.710. The summed E-state index contributed by atoms with van der Waals surface area (Å²) in [4.78, 5) is 22.3. The molecule has 1 atom stereocenters. The van der Waals surface area contributed by atoms with Gasteiger partial charge in [-0.05, 0) is 37.8 Å². The van der Waals surface area contributed by atoms with Crippen LogP contribution in [-0.2, 0) is 4.79 Å². The van der Waals surface area contributed by atoms with Crippen LogP contribution < -0.4 is 10.1 Å². The zero-order chi connectivity index (χ0) is 17.4. The van der Waals surface area contributed by atoms with Crippen LogP contribution >= 0.6 is 0 Å². The Bertz CT molecular complexity index is 543. The third-order valence-corrected chi connectivity index (χ3v) is 3.50. The lowest BCUT2D eigenvalue weighted by atomic mass is 10.0. The molecular weight excluding hydrogens is 296 g/mol. The molecule has 0 saturated heterocycles. The first-order valence-corrected chi connectivity index (χ1v) is 7.96. The maximum absolute atomic E-state index is 11.9. The normalized spacial score (nSPS) is 12.0. The molecule has 1 rings (SSSR count). The van der Waals surface area contributed by atoms with Crippen molar-refractivity contribution in [1.82, 2.24) is 5.32 Å². The smallest absolute Gasteiger partial charge is 0.310 e. The number of amides is 1. The van der Waals surface area contributed by atoms with Crippen LogP contribution in [0.2, 0.25) is 0 Å². The van der Waals surface area contributed by atoms with Crippen LogP contribution in [0, 0.1) is 23.0 Å². The van der Waals surface area contributed by atoms with E-state index in [1.165, 1.54) is 6.07 Å². The van der Waals surface area contributed by atoms with Crippen molar-refractivity contribution >= 4 is 11.6 Å². The van der Waals surface area contributed by atoms with Gasteiger partial charge in [-0.2, -0.15) is 0 Å². The first-order chi connectivity index (χ1) is 10.8. The van der Waals surface area contributed by atoms with Crippen molar-refractivity contribution in [3.05, 3.63) is 33.9 Å². The average molecular weight is 322 g/mol. The third-order valence-electron chi connectivity index (χ3n) is 3.50. The highest BCUT2D eigenvalue weighted by atomic mass is 16.6. The number of nitrogens with zero attached hydrogens (tertiary/aromatic N) is 1. The van der Waals surface area contributed by atoms with Crippen LogP contribution in [0.3, 0.4) is 0 Å². The van der Waals surface area contributed by atoms with Crippen molar-refractivity contribution < 1.29 is 14.5 Å². The molecular formula is C17H26N2O4. The third kappa shape index (κ3) is 7.13. The summed E-state index contributed by atoms with van der Waals surface area (Å²) in [7, 11) is 0. The Kier molecular flexibility index (Phi) is 7.51. The molecule has 1 aromatic rings. The molecule has 1 amide bonds. The predicted molar refractivity (Wildman–Crippen MR) is 89.6 cm³/mol. The van der Waals surface area contributed by atoms with Gasteiger partial charge in [0.05, 0.1) is 4.92 Å². The Morgan fingerprint density at radius 1 is 1.30 bits per heavy atom. The fraction of sp³-hybridized carbons (Fsp3) is 0.588. The van der Waals surface area contributed by atoms with Crippen LogP contribution in [-0.4, -0.2) is 23.5 Å². The maximum atomic E-state index is 11.9. The minimum atomic E-state index is -0.513. The average Bonchev–Trinajstić information content (AvgIpc) is 2.44. The molecule has 23 heavy (non-hydrogen) atoms. The monoisotopic (exact) mass is 322 g/mol. The molecule has 0 aliphatic heterocycles. The minimum absolute atomic E-state index is 0.0670. The second-order valence-corrected chi connectivity index (χ2v) is 6.31. The Hall–Kier alpha value is -2.11. The predicted octanol–water partition coefficient (Wildman–Crippen LogP) is 3.61. The summed E-state index contributed by atoms with van der Waals surface area (Å²) in [6.45, 7) is 7.89. The standard InChI is InChI=1S/C17H26N2O4/c1-12(2)6-5-7-14(4)18-17(20)11-23-16-10-13(3)8-9-15(16)19(21)22/h8-10,12,14H,5-7,11H2,1-4H3,(H,18,20).